The van der Waals surface area contributed by atoms with Crippen LogP contribution < -0.4 is 10.6 Å². The Balaban J connectivity index is 1.80. The molecule has 2 nitrogen and oxygen atoms in total. The summed E-state index contributed by atoms with van der Waals surface area (Å²) in [5.74, 6) is -0.212. The van der Waals surface area contributed by atoms with Gasteiger partial charge in [0.2, 0.25) is 0 Å². The van der Waals surface area contributed by atoms with Gasteiger partial charge in [0.1, 0.15) is 5.82 Å². The summed E-state index contributed by atoms with van der Waals surface area (Å²) >= 11 is 0. The summed E-state index contributed by atoms with van der Waals surface area (Å²) in [6.07, 6.45) is 8.49. The highest BCUT2D eigenvalue weighted by Crippen LogP contribution is 2.40. The van der Waals surface area contributed by atoms with Crippen molar-refractivity contribution in [1.82, 2.24) is 5.32 Å². The Hall–Kier alpha value is -1.87. The molecule has 104 valence electrons. The minimum absolute atomic E-state index is 0.0756. The van der Waals surface area contributed by atoms with E-state index in [-0.39, 0.29) is 11.2 Å². The third-order valence-corrected chi connectivity index (χ3v) is 4.19. The van der Waals surface area contributed by atoms with E-state index in [4.69, 9.17) is 0 Å². The fourth-order valence-corrected chi connectivity index (χ4v) is 2.93. The van der Waals surface area contributed by atoms with Gasteiger partial charge in [0, 0.05) is 23.3 Å². The molecule has 0 amide bonds. The molecule has 0 spiro atoms. The summed E-state index contributed by atoms with van der Waals surface area (Å²) in [5.41, 5.74) is 3.51. The summed E-state index contributed by atoms with van der Waals surface area (Å²) < 4.78 is 12.9. The molecule has 3 heteroatoms. The first kappa shape index (κ1) is 13.1. The Morgan fingerprint density at radius 3 is 2.85 bits per heavy atom. The molecule has 20 heavy (non-hydrogen) atoms. The summed E-state index contributed by atoms with van der Waals surface area (Å²) in [4.78, 5) is 0. The SMILES string of the molecule is C=CC12CC=C(Nc3ccc(F)cc3)C=C1CCNC2. The number of halogens is 1. The number of benzene rings is 1. The van der Waals surface area contributed by atoms with Gasteiger partial charge in [-0.05, 0) is 49.7 Å². The van der Waals surface area contributed by atoms with Crippen LogP contribution in [0.5, 0.6) is 0 Å². The van der Waals surface area contributed by atoms with Gasteiger partial charge >= 0.3 is 0 Å². The third-order valence-electron chi connectivity index (χ3n) is 4.19. The molecule has 1 aromatic carbocycles. The minimum atomic E-state index is -0.212. The lowest BCUT2D eigenvalue weighted by molar-refractivity contribution is 0.368. The fourth-order valence-electron chi connectivity index (χ4n) is 2.93. The van der Waals surface area contributed by atoms with Gasteiger partial charge in [-0.1, -0.05) is 17.7 Å². The lowest BCUT2D eigenvalue weighted by Crippen LogP contribution is -2.41. The van der Waals surface area contributed by atoms with Gasteiger partial charge in [0.05, 0.1) is 0 Å². The molecule has 1 heterocycles. The molecule has 1 aliphatic carbocycles. The van der Waals surface area contributed by atoms with Crippen molar-refractivity contribution < 1.29 is 4.39 Å². The van der Waals surface area contributed by atoms with Crippen LogP contribution in [0.15, 0.2) is 60.3 Å². The van der Waals surface area contributed by atoms with Crippen molar-refractivity contribution in [1.29, 1.82) is 0 Å². The minimum Gasteiger partial charge on any atom is -0.356 e. The first-order valence-electron chi connectivity index (χ1n) is 7.00. The monoisotopic (exact) mass is 270 g/mol. The second-order valence-corrected chi connectivity index (χ2v) is 5.45. The zero-order valence-corrected chi connectivity index (χ0v) is 11.5. The summed E-state index contributed by atoms with van der Waals surface area (Å²) in [6, 6.07) is 6.45. The normalized spacial score (nSPS) is 25.2. The molecule has 0 bridgehead atoms. The fraction of sp³-hybridized carbons (Fsp3) is 0.294. The van der Waals surface area contributed by atoms with Crippen LogP contribution in [0.1, 0.15) is 12.8 Å². The maximum atomic E-state index is 12.9. The molecule has 0 saturated carbocycles. The Bertz CT molecular complexity index is 571. The number of allylic oxidation sites excluding steroid dienone is 2. The molecule has 1 unspecified atom stereocenters. The predicted molar refractivity (Wildman–Crippen MR) is 80.9 cm³/mol. The lowest BCUT2D eigenvalue weighted by Gasteiger charge is -2.39. The van der Waals surface area contributed by atoms with E-state index in [2.05, 4.69) is 35.4 Å². The van der Waals surface area contributed by atoms with Crippen LogP contribution in [0.25, 0.3) is 0 Å². The zero-order valence-electron chi connectivity index (χ0n) is 11.5. The summed E-state index contributed by atoms with van der Waals surface area (Å²) in [7, 11) is 0. The molecule has 2 aliphatic rings. The average molecular weight is 270 g/mol. The molecule has 1 aromatic rings. The van der Waals surface area contributed by atoms with Crippen LogP contribution in [-0.4, -0.2) is 13.1 Å². The number of anilines is 1. The van der Waals surface area contributed by atoms with Gasteiger partial charge in [0.15, 0.2) is 0 Å². The van der Waals surface area contributed by atoms with Crippen LogP contribution in [0.3, 0.4) is 0 Å². The maximum absolute atomic E-state index is 12.9. The van der Waals surface area contributed by atoms with Gasteiger partial charge in [-0.15, -0.1) is 6.58 Å². The van der Waals surface area contributed by atoms with E-state index in [9.17, 15) is 4.39 Å². The van der Waals surface area contributed by atoms with E-state index in [1.807, 2.05) is 0 Å². The molecule has 3 rings (SSSR count). The second kappa shape index (κ2) is 5.25. The summed E-state index contributed by atoms with van der Waals surface area (Å²) in [5, 5.41) is 6.79. The number of nitrogens with one attached hydrogen (secondary N) is 2. The Kier molecular flexibility index (Phi) is 3.45. The Labute approximate surface area is 119 Å². The van der Waals surface area contributed by atoms with Gasteiger partial charge in [0.25, 0.3) is 0 Å². The van der Waals surface area contributed by atoms with E-state index in [0.29, 0.717) is 0 Å². The van der Waals surface area contributed by atoms with Crippen LogP contribution in [0, 0.1) is 11.2 Å². The van der Waals surface area contributed by atoms with Crippen molar-refractivity contribution in [3.05, 3.63) is 66.2 Å². The van der Waals surface area contributed by atoms with E-state index in [0.717, 1.165) is 37.3 Å². The first-order chi connectivity index (χ1) is 9.72. The smallest absolute Gasteiger partial charge is 0.123 e. The van der Waals surface area contributed by atoms with Crippen molar-refractivity contribution in [2.45, 2.75) is 12.8 Å². The molecular formula is C17H19FN2. The number of piperidine rings is 1. The number of hydrogen-bond acceptors (Lipinski definition) is 2. The highest BCUT2D eigenvalue weighted by Gasteiger charge is 2.34. The standard InChI is InChI=1S/C17H19FN2/c1-2-17-9-7-16(11-13(17)8-10-19-12-17)20-15-5-3-14(18)4-6-15/h2-7,11,19-20H,1,8-10,12H2. The molecule has 1 aliphatic heterocycles. The number of fused-ring (bicyclic) bond motifs is 1. The predicted octanol–water partition coefficient (Wildman–Crippen LogP) is 3.62. The van der Waals surface area contributed by atoms with E-state index >= 15 is 0 Å². The molecule has 1 atom stereocenters. The van der Waals surface area contributed by atoms with E-state index in [1.165, 1.54) is 17.7 Å². The van der Waals surface area contributed by atoms with Crippen molar-refractivity contribution >= 4 is 5.69 Å². The van der Waals surface area contributed by atoms with Gasteiger partial charge in [-0.25, -0.2) is 4.39 Å². The topological polar surface area (TPSA) is 24.1 Å². The van der Waals surface area contributed by atoms with Gasteiger partial charge in [-0.2, -0.15) is 0 Å². The molecule has 0 aromatic heterocycles. The molecule has 1 saturated heterocycles. The van der Waals surface area contributed by atoms with E-state index < -0.39 is 0 Å². The highest BCUT2D eigenvalue weighted by molar-refractivity contribution is 5.53. The maximum Gasteiger partial charge on any atom is 0.123 e. The van der Waals surface area contributed by atoms with E-state index in [1.54, 1.807) is 12.1 Å². The average Bonchev–Trinajstić information content (AvgIpc) is 2.49. The van der Waals surface area contributed by atoms with Crippen molar-refractivity contribution in [3.8, 4) is 0 Å². The number of rotatable bonds is 3. The third kappa shape index (κ3) is 2.41. The highest BCUT2D eigenvalue weighted by atomic mass is 19.1. The largest absolute Gasteiger partial charge is 0.356 e. The molecule has 2 N–H and O–H groups in total. The van der Waals surface area contributed by atoms with Gasteiger partial charge in [-0.3, -0.25) is 0 Å². The lowest BCUT2D eigenvalue weighted by atomic mass is 9.71. The Morgan fingerprint density at radius 2 is 2.10 bits per heavy atom. The summed E-state index contributed by atoms with van der Waals surface area (Å²) in [6.45, 7) is 5.99. The van der Waals surface area contributed by atoms with Crippen molar-refractivity contribution in [2.24, 2.45) is 5.41 Å². The van der Waals surface area contributed by atoms with Crippen molar-refractivity contribution in [2.75, 3.05) is 18.4 Å². The van der Waals surface area contributed by atoms with Crippen LogP contribution >= 0.6 is 0 Å². The quantitative estimate of drug-likeness (QED) is 0.820. The van der Waals surface area contributed by atoms with Gasteiger partial charge < -0.3 is 10.6 Å². The van der Waals surface area contributed by atoms with Crippen LogP contribution in [-0.2, 0) is 0 Å². The van der Waals surface area contributed by atoms with Crippen LogP contribution in [0.4, 0.5) is 10.1 Å². The molecular weight excluding hydrogens is 251 g/mol. The van der Waals surface area contributed by atoms with Crippen LogP contribution in [0.2, 0.25) is 0 Å². The Morgan fingerprint density at radius 1 is 1.30 bits per heavy atom. The van der Waals surface area contributed by atoms with Crippen molar-refractivity contribution in [3.63, 3.8) is 0 Å². The number of hydrogen-bond donors (Lipinski definition) is 2. The molecule has 1 fully saturated rings. The zero-order chi connectivity index (χ0) is 14.0. The molecule has 0 radical (unpaired) electrons. The first-order valence-corrected chi connectivity index (χ1v) is 7.00. The second-order valence-electron chi connectivity index (χ2n) is 5.45.